The smallest absolute Gasteiger partial charge is 0.114 e. The molecule has 0 aliphatic heterocycles. The number of thiophene rings is 1. The molecular weight excluding hydrogens is 210 g/mol. The third kappa shape index (κ3) is 2.43. The molecule has 2 aromatic rings. The number of rotatable bonds is 3. The Morgan fingerprint density at radius 1 is 1.53 bits per heavy atom. The second kappa shape index (κ2) is 3.75. The van der Waals surface area contributed by atoms with Crippen LogP contribution in [0, 0.1) is 0 Å². The molecule has 0 saturated carbocycles. The molecule has 5 heteroatoms. The maximum absolute atomic E-state index is 9.71. The monoisotopic (exact) mass is 223 g/mol. The van der Waals surface area contributed by atoms with Crippen molar-refractivity contribution in [2.75, 3.05) is 0 Å². The molecule has 1 N–H and O–H groups in total. The second-order valence-corrected chi connectivity index (χ2v) is 4.77. The van der Waals surface area contributed by atoms with E-state index < -0.39 is 5.60 Å². The van der Waals surface area contributed by atoms with Gasteiger partial charge in [0.05, 0.1) is 12.7 Å². The van der Waals surface area contributed by atoms with Crippen molar-refractivity contribution in [1.29, 1.82) is 0 Å². The molecule has 0 unspecified atom stereocenters. The zero-order chi connectivity index (χ0) is 10.9. The summed E-state index contributed by atoms with van der Waals surface area (Å²) in [4.78, 5) is 0. The van der Waals surface area contributed by atoms with Crippen LogP contribution in [0.1, 0.15) is 25.1 Å². The summed E-state index contributed by atoms with van der Waals surface area (Å²) in [6.45, 7) is 4.10. The van der Waals surface area contributed by atoms with Gasteiger partial charge in [0, 0.05) is 0 Å². The number of aliphatic hydroxyl groups is 1. The van der Waals surface area contributed by atoms with E-state index in [-0.39, 0.29) is 0 Å². The molecule has 0 aromatic carbocycles. The van der Waals surface area contributed by atoms with Crippen LogP contribution in [0.3, 0.4) is 0 Å². The van der Waals surface area contributed by atoms with Crippen molar-refractivity contribution in [3.8, 4) is 0 Å². The van der Waals surface area contributed by atoms with Crippen LogP contribution in [0.2, 0.25) is 0 Å². The van der Waals surface area contributed by atoms with Gasteiger partial charge in [-0.25, -0.2) is 4.68 Å². The largest absolute Gasteiger partial charge is 0.384 e. The number of hydrogen-bond acceptors (Lipinski definition) is 4. The quantitative estimate of drug-likeness (QED) is 0.860. The second-order valence-electron chi connectivity index (χ2n) is 3.99. The SMILES string of the molecule is CC(C)(O)c1cn(Cc2ccsc2)nn1. The van der Waals surface area contributed by atoms with E-state index >= 15 is 0 Å². The lowest BCUT2D eigenvalue weighted by molar-refractivity contribution is 0.0737. The Hall–Kier alpha value is -1.20. The predicted molar refractivity (Wildman–Crippen MR) is 58.7 cm³/mol. The Balaban J connectivity index is 2.15. The Bertz CT molecular complexity index is 428. The number of nitrogens with zero attached hydrogens (tertiary/aromatic N) is 3. The van der Waals surface area contributed by atoms with Crippen LogP contribution in [0.4, 0.5) is 0 Å². The lowest BCUT2D eigenvalue weighted by Crippen LogP contribution is -2.15. The molecule has 0 atom stereocenters. The first-order valence-electron chi connectivity index (χ1n) is 4.70. The standard InChI is InChI=1S/C10H13N3OS/c1-10(2,14)9-6-13(12-11-9)5-8-3-4-15-7-8/h3-4,6-7,14H,5H2,1-2H3. The van der Waals surface area contributed by atoms with Crippen molar-refractivity contribution in [3.63, 3.8) is 0 Å². The number of aromatic nitrogens is 3. The molecule has 0 amide bonds. The summed E-state index contributed by atoms with van der Waals surface area (Å²) in [5.74, 6) is 0. The molecule has 2 rings (SSSR count). The maximum Gasteiger partial charge on any atom is 0.114 e. The van der Waals surface area contributed by atoms with E-state index in [2.05, 4.69) is 21.8 Å². The summed E-state index contributed by atoms with van der Waals surface area (Å²) in [5.41, 5.74) is 0.873. The summed E-state index contributed by atoms with van der Waals surface area (Å²) in [5, 5.41) is 21.7. The maximum atomic E-state index is 9.71. The topological polar surface area (TPSA) is 50.9 Å². The highest BCUT2D eigenvalue weighted by Gasteiger charge is 2.19. The Labute approximate surface area is 92.2 Å². The first-order valence-corrected chi connectivity index (χ1v) is 5.64. The summed E-state index contributed by atoms with van der Waals surface area (Å²) >= 11 is 1.66. The fraction of sp³-hybridized carbons (Fsp3) is 0.400. The van der Waals surface area contributed by atoms with Gasteiger partial charge in [0.25, 0.3) is 0 Å². The average Bonchev–Trinajstić information content (AvgIpc) is 2.73. The van der Waals surface area contributed by atoms with Gasteiger partial charge in [0.15, 0.2) is 0 Å². The van der Waals surface area contributed by atoms with E-state index in [0.29, 0.717) is 12.2 Å². The molecule has 0 aliphatic rings. The van der Waals surface area contributed by atoms with Crippen LogP contribution in [-0.2, 0) is 12.1 Å². The minimum atomic E-state index is -0.924. The normalized spacial score (nSPS) is 11.9. The fourth-order valence-electron chi connectivity index (χ4n) is 1.23. The van der Waals surface area contributed by atoms with Gasteiger partial charge in [-0.15, -0.1) is 5.10 Å². The van der Waals surface area contributed by atoms with Gasteiger partial charge in [-0.1, -0.05) is 5.21 Å². The first kappa shape index (κ1) is 10.3. The van der Waals surface area contributed by atoms with Crippen molar-refractivity contribution in [1.82, 2.24) is 15.0 Å². The van der Waals surface area contributed by atoms with Crippen molar-refractivity contribution < 1.29 is 5.11 Å². The molecule has 4 nitrogen and oxygen atoms in total. The fourth-order valence-corrected chi connectivity index (χ4v) is 1.89. The Kier molecular flexibility index (Phi) is 2.58. The van der Waals surface area contributed by atoms with Crippen molar-refractivity contribution in [2.45, 2.75) is 26.0 Å². The summed E-state index contributed by atoms with van der Waals surface area (Å²) in [7, 11) is 0. The molecule has 0 spiro atoms. The molecule has 0 radical (unpaired) electrons. The molecule has 15 heavy (non-hydrogen) atoms. The molecular formula is C10H13N3OS. The molecule has 0 bridgehead atoms. The molecule has 2 heterocycles. The van der Waals surface area contributed by atoms with Crippen LogP contribution < -0.4 is 0 Å². The van der Waals surface area contributed by atoms with Gasteiger partial charge in [-0.05, 0) is 36.2 Å². The molecule has 80 valence electrons. The molecule has 0 fully saturated rings. The van der Waals surface area contributed by atoms with Crippen LogP contribution in [0.15, 0.2) is 23.0 Å². The molecule has 0 aliphatic carbocycles. The minimum absolute atomic E-state index is 0.595. The van der Waals surface area contributed by atoms with Crippen LogP contribution in [0.25, 0.3) is 0 Å². The third-order valence-electron chi connectivity index (χ3n) is 2.09. The van der Waals surface area contributed by atoms with E-state index in [9.17, 15) is 5.11 Å². The van der Waals surface area contributed by atoms with Crippen molar-refractivity contribution in [2.24, 2.45) is 0 Å². The van der Waals surface area contributed by atoms with E-state index in [1.807, 2.05) is 5.38 Å². The van der Waals surface area contributed by atoms with Gasteiger partial charge < -0.3 is 5.11 Å². The van der Waals surface area contributed by atoms with Crippen LogP contribution in [0.5, 0.6) is 0 Å². The zero-order valence-electron chi connectivity index (χ0n) is 8.71. The lowest BCUT2D eigenvalue weighted by Gasteiger charge is -2.11. The van der Waals surface area contributed by atoms with Crippen molar-refractivity contribution in [3.05, 3.63) is 34.3 Å². The molecule has 2 aromatic heterocycles. The van der Waals surface area contributed by atoms with Gasteiger partial charge in [0.2, 0.25) is 0 Å². The molecule has 0 saturated heterocycles. The predicted octanol–water partition coefficient (Wildman–Crippen LogP) is 1.62. The highest BCUT2D eigenvalue weighted by atomic mass is 32.1. The summed E-state index contributed by atoms with van der Waals surface area (Å²) < 4.78 is 1.73. The van der Waals surface area contributed by atoms with E-state index in [0.717, 1.165) is 0 Å². The van der Waals surface area contributed by atoms with Gasteiger partial charge in [-0.3, -0.25) is 0 Å². The lowest BCUT2D eigenvalue weighted by atomic mass is 10.1. The Morgan fingerprint density at radius 2 is 2.33 bits per heavy atom. The van der Waals surface area contributed by atoms with Crippen LogP contribution >= 0.6 is 11.3 Å². The third-order valence-corrected chi connectivity index (χ3v) is 2.82. The first-order chi connectivity index (χ1) is 7.05. The van der Waals surface area contributed by atoms with E-state index in [1.54, 1.807) is 36.1 Å². The van der Waals surface area contributed by atoms with Crippen LogP contribution in [-0.4, -0.2) is 20.1 Å². The minimum Gasteiger partial charge on any atom is -0.384 e. The average molecular weight is 223 g/mol. The van der Waals surface area contributed by atoms with Gasteiger partial charge in [0.1, 0.15) is 11.3 Å². The van der Waals surface area contributed by atoms with E-state index in [1.165, 1.54) is 5.56 Å². The van der Waals surface area contributed by atoms with Gasteiger partial charge in [-0.2, -0.15) is 11.3 Å². The highest BCUT2D eigenvalue weighted by molar-refractivity contribution is 7.07. The van der Waals surface area contributed by atoms with E-state index in [4.69, 9.17) is 0 Å². The van der Waals surface area contributed by atoms with Crippen molar-refractivity contribution >= 4 is 11.3 Å². The zero-order valence-corrected chi connectivity index (χ0v) is 9.53. The summed E-state index contributed by atoms with van der Waals surface area (Å²) in [6, 6.07) is 2.05. The number of hydrogen-bond donors (Lipinski definition) is 1. The van der Waals surface area contributed by atoms with Gasteiger partial charge >= 0.3 is 0 Å². The Morgan fingerprint density at radius 3 is 2.87 bits per heavy atom. The highest BCUT2D eigenvalue weighted by Crippen LogP contribution is 2.16. The summed E-state index contributed by atoms with van der Waals surface area (Å²) in [6.07, 6.45) is 1.78.